The lowest BCUT2D eigenvalue weighted by Crippen LogP contribution is -2.20. The molecule has 0 aliphatic carbocycles. The zero-order chi connectivity index (χ0) is 17.2. The predicted molar refractivity (Wildman–Crippen MR) is 97.0 cm³/mol. The van der Waals surface area contributed by atoms with E-state index in [9.17, 15) is 4.79 Å². The van der Waals surface area contributed by atoms with Crippen LogP contribution in [0, 0.1) is 0 Å². The first-order valence-electron chi connectivity index (χ1n) is 7.68. The number of hydrogen-bond acceptors (Lipinski definition) is 4. The number of ether oxygens (including phenoxy) is 2. The van der Waals surface area contributed by atoms with Gasteiger partial charge in [0.05, 0.1) is 0 Å². The molecular formula is C18H21ClN2O3. The lowest BCUT2D eigenvalue weighted by molar-refractivity contribution is -0.118. The lowest BCUT2D eigenvalue weighted by Gasteiger charge is -2.09. The number of anilines is 2. The Kier molecular flexibility index (Phi) is 7.39. The maximum atomic E-state index is 11.9. The second kappa shape index (κ2) is 9.80. The molecule has 0 saturated carbocycles. The van der Waals surface area contributed by atoms with Gasteiger partial charge >= 0.3 is 0 Å². The van der Waals surface area contributed by atoms with E-state index in [1.807, 2.05) is 24.3 Å². The van der Waals surface area contributed by atoms with Crippen molar-refractivity contribution in [1.29, 1.82) is 0 Å². The smallest absolute Gasteiger partial charge is 0.262 e. The van der Waals surface area contributed by atoms with Crippen molar-refractivity contribution in [2.24, 2.45) is 0 Å². The van der Waals surface area contributed by atoms with Crippen LogP contribution >= 0.6 is 11.6 Å². The average Bonchev–Trinajstić information content (AvgIpc) is 2.60. The fraction of sp³-hybridized carbons (Fsp3) is 0.278. The molecule has 0 bridgehead atoms. The zero-order valence-corrected chi connectivity index (χ0v) is 14.3. The maximum Gasteiger partial charge on any atom is 0.262 e. The SMILES string of the molecule is COCCCNc1ccc(NC(=O)COc2ccc(Cl)cc2)cc1. The Morgan fingerprint density at radius 2 is 1.71 bits per heavy atom. The van der Waals surface area contributed by atoms with Crippen molar-refractivity contribution in [3.05, 3.63) is 53.6 Å². The molecule has 0 unspecified atom stereocenters. The summed E-state index contributed by atoms with van der Waals surface area (Å²) in [6.45, 7) is 1.52. The summed E-state index contributed by atoms with van der Waals surface area (Å²) >= 11 is 5.80. The van der Waals surface area contributed by atoms with E-state index in [1.54, 1.807) is 31.4 Å². The van der Waals surface area contributed by atoms with Crippen molar-refractivity contribution in [1.82, 2.24) is 0 Å². The molecule has 0 radical (unpaired) electrons. The van der Waals surface area contributed by atoms with Crippen LogP contribution in [0.3, 0.4) is 0 Å². The molecule has 0 saturated heterocycles. The summed E-state index contributed by atoms with van der Waals surface area (Å²) in [6.07, 6.45) is 0.941. The van der Waals surface area contributed by atoms with Crippen molar-refractivity contribution in [2.75, 3.05) is 37.5 Å². The van der Waals surface area contributed by atoms with Gasteiger partial charge in [0, 0.05) is 36.7 Å². The van der Waals surface area contributed by atoms with Crippen LogP contribution < -0.4 is 15.4 Å². The summed E-state index contributed by atoms with van der Waals surface area (Å²) in [6, 6.07) is 14.4. The minimum atomic E-state index is -0.217. The molecule has 0 spiro atoms. The van der Waals surface area contributed by atoms with E-state index >= 15 is 0 Å². The first kappa shape index (κ1) is 18.1. The van der Waals surface area contributed by atoms with E-state index < -0.39 is 0 Å². The van der Waals surface area contributed by atoms with Crippen LogP contribution in [0.25, 0.3) is 0 Å². The number of hydrogen-bond donors (Lipinski definition) is 2. The number of amides is 1. The van der Waals surface area contributed by atoms with Crippen molar-refractivity contribution in [3.63, 3.8) is 0 Å². The van der Waals surface area contributed by atoms with E-state index in [0.717, 1.165) is 30.9 Å². The van der Waals surface area contributed by atoms with Crippen LogP contribution in [-0.4, -0.2) is 32.8 Å². The number of benzene rings is 2. The zero-order valence-electron chi connectivity index (χ0n) is 13.5. The van der Waals surface area contributed by atoms with E-state index in [4.69, 9.17) is 21.1 Å². The van der Waals surface area contributed by atoms with Gasteiger partial charge in [-0.25, -0.2) is 0 Å². The van der Waals surface area contributed by atoms with Gasteiger partial charge in [-0.05, 0) is 55.0 Å². The molecule has 0 heterocycles. The third-order valence-electron chi connectivity index (χ3n) is 3.21. The summed E-state index contributed by atoms with van der Waals surface area (Å²) in [5.74, 6) is 0.385. The molecule has 2 aromatic rings. The Labute approximate surface area is 146 Å². The largest absolute Gasteiger partial charge is 0.484 e. The summed E-state index contributed by atoms with van der Waals surface area (Å²) < 4.78 is 10.4. The van der Waals surface area contributed by atoms with Crippen LogP contribution in [0.2, 0.25) is 5.02 Å². The Bertz CT molecular complexity index is 630. The van der Waals surface area contributed by atoms with Gasteiger partial charge in [0.2, 0.25) is 0 Å². The van der Waals surface area contributed by atoms with E-state index in [1.165, 1.54) is 0 Å². The minimum absolute atomic E-state index is 0.0569. The summed E-state index contributed by atoms with van der Waals surface area (Å²) in [4.78, 5) is 11.9. The van der Waals surface area contributed by atoms with Crippen LogP contribution in [0.15, 0.2) is 48.5 Å². The van der Waals surface area contributed by atoms with E-state index in [-0.39, 0.29) is 12.5 Å². The molecule has 1 amide bonds. The molecule has 0 aliphatic rings. The molecule has 0 aliphatic heterocycles. The molecule has 0 aromatic heterocycles. The molecule has 0 fully saturated rings. The molecule has 2 N–H and O–H groups in total. The topological polar surface area (TPSA) is 59.6 Å². The second-order valence-electron chi connectivity index (χ2n) is 5.14. The van der Waals surface area contributed by atoms with Crippen LogP contribution in [0.1, 0.15) is 6.42 Å². The summed E-state index contributed by atoms with van der Waals surface area (Å²) in [5, 5.41) is 6.70. The summed E-state index contributed by atoms with van der Waals surface area (Å²) in [5.41, 5.74) is 1.73. The Morgan fingerprint density at radius 1 is 1.04 bits per heavy atom. The number of carbonyl (C=O) groups is 1. The highest BCUT2D eigenvalue weighted by atomic mass is 35.5. The summed E-state index contributed by atoms with van der Waals surface area (Å²) in [7, 11) is 1.69. The van der Waals surface area contributed by atoms with Crippen molar-refractivity contribution in [3.8, 4) is 5.75 Å². The fourth-order valence-electron chi connectivity index (χ4n) is 2.00. The number of rotatable bonds is 9. The molecule has 5 nitrogen and oxygen atoms in total. The van der Waals surface area contributed by atoms with Gasteiger partial charge in [-0.3, -0.25) is 4.79 Å². The van der Waals surface area contributed by atoms with Gasteiger partial charge in [0.1, 0.15) is 5.75 Å². The molecule has 24 heavy (non-hydrogen) atoms. The molecule has 128 valence electrons. The number of carbonyl (C=O) groups excluding carboxylic acids is 1. The average molecular weight is 349 g/mol. The van der Waals surface area contributed by atoms with Crippen LogP contribution in [0.4, 0.5) is 11.4 Å². The molecule has 2 rings (SSSR count). The van der Waals surface area contributed by atoms with Crippen LogP contribution in [0.5, 0.6) is 5.75 Å². The number of methoxy groups -OCH3 is 1. The lowest BCUT2D eigenvalue weighted by atomic mass is 10.2. The maximum absolute atomic E-state index is 11.9. The highest BCUT2D eigenvalue weighted by Crippen LogP contribution is 2.16. The molecular weight excluding hydrogens is 328 g/mol. The Morgan fingerprint density at radius 3 is 2.38 bits per heavy atom. The Balaban J connectivity index is 1.74. The van der Waals surface area contributed by atoms with Gasteiger partial charge in [0.25, 0.3) is 5.91 Å². The number of halogens is 1. The van der Waals surface area contributed by atoms with Crippen molar-refractivity contribution < 1.29 is 14.3 Å². The fourth-order valence-corrected chi connectivity index (χ4v) is 2.12. The second-order valence-corrected chi connectivity index (χ2v) is 5.58. The van der Waals surface area contributed by atoms with E-state index in [0.29, 0.717) is 10.8 Å². The first-order chi connectivity index (χ1) is 11.7. The highest BCUT2D eigenvalue weighted by molar-refractivity contribution is 6.30. The third kappa shape index (κ3) is 6.48. The van der Waals surface area contributed by atoms with Gasteiger partial charge in [0.15, 0.2) is 6.61 Å². The molecule has 0 atom stereocenters. The number of nitrogens with one attached hydrogen (secondary N) is 2. The monoisotopic (exact) mass is 348 g/mol. The van der Waals surface area contributed by atoms with Crippen LogP contribution in [-0.2, 0) is 9.53 Å². The van der Waals surface area contributed by atoms with Gasteiger partial charge in [-0.1, -0.05) is 11.6 Å². The standard InChI is InChI=1S/C18H21ClN2O3/c1-23-12-2-11-20-15-5-7-16(8-6-15)21-18(22)13-24-17-9-3-14(19)4-10-17/h3-10,20H,2,11-13H2,1H3,(H,21,22). The van der Waals surface area contributed by atoms with Gasteiger partial charge < -0.3 is 20.1 Å². The quantitative estimate of drug-likeness (QED) is 0.677. The highest BCUT2D eigenvalue weighted by Gasteiger charge is 2.04. The minimum Gasteiger partial charge on any atom is -0.484 e. The van der Waals surface area contributed by atoms with Gasteiger partial charge in [-0.2, -0.15) is 0 Å². The van der Waals surface area contributed by atoms with Crippen molar-refractivity contribution in [2.45, 2.75) is 6.42 Å². The predicted octanol–water partition coefficient (Wildman–Crippen LogP) is 3.81. The molecule has 2 aromatic carbocycles. The first-order valence-corrected chi connectivity index (χ1v) is 8.06. The van der Waals surface area contributed by atoms with Gasteiger partial charge in [-0.15, -0.1) is 0 Å². The van der Waals surface area contributed by atoms with E-state index in [2.05, 4.69) is 10.6 Å². The molecule has 6 heteroatoms. The normalized spacial score (nSPS) is 10.2. The van der Waals surface area contributed by atoms with Crippen molar-refractivity contribution >= 4 is 28.9 Å². The Hall–Kier alpha value is -2.24. The third-order valence-corrected chi connectivity index (χ3v) is 3.46.